The van der Waals surface area contributed by atoms with E-state index in [4.69, 9.17) is 4.18 Å². The third kappa shape index (κ3) is 3.72. The number of benzene rings is 1. The minimum absolute atomic E-state index is 0.154. The van der Waals surface area contributed by atoms with Crippen LogP contribution in [0.3, 0.4) is 0 Å². The molecule has 0 saturated carbocycles. The summed E-state index contributed by atoms with van der Waals surface area (Å²) in [5, 5.41) is 0.211. The first-order valence-corrected chi connectivity index (χ1v) is 9.76. The summed E-state index contributed by atoms with van der Waals surface area (Å²) >= 11 is 3.27. The zero-order valence-corrected chi connectivity index (χ0v) is 14.8. The molecule has 1 fully saturated rings. The molecular formula is C14H15BrFN3O3S. The first-order valence-electron chi connectivity index (χ1n) is 7.15. The van der Waals surface area contributed by atoms with E-state index in [1.807, 2.05) is 4.90 Å². The molecule has 0 aliphatic carbocycles. The molecule has 23 heavy (non-hydrogen) atoms. The summed E-state index contributed by atoms with van der Waals surface area (Å²) in [5.74, 6) is -0.293. The van der Waals surface area contributed by atoms with Crippen molar-refractivity contribution in [3.05, 3.63) is 22.4 Å². The minimum Gasteiger partial charge on any atom is -0.361 e. The zero-order valence-electron chi connectivity index (χ0n) is 12.4. The van der Waals surface area contributed by atoms with Crippen molar-refractivity contribution in [3.63, 3.8) is 0 Å². The number of anilines is 1. The Balaban J connectivity index is 2.19. The number of hydrogen-bond acceptors (Lipinski definition) is 6. The average Bonchev–Trinajstić information content (AvgIpc) is 2.47. The Morgan fingerprint density at radius 1 is 1.22 bits per heavy atom. The van der Waals surface area contributed by atoms with Crippen LogP contribution in [0.4, 0.5) is 10.3 Å². The quantitative estimate of drug-likeness (QED) is 0.733. The molecule has 2 heterocycles. The Morgan fingerprint density at radius 3 is 2.57 bits per heavy atom. The second kappa shape index (κ2) is 6.20. The molecule has 9 heteroatoms. The van der Waals surface area contributed by atoms with Gasteiger partial charge in [-0.25, -0.2) is 9.37 Å². The lowest BCUT2D eigenvalue weighted by atomic mass is 10.1. The van der Waals surface area contributed by atoms with Gasteiger partial charge in [-0.15, -0.1) is 0 Å². The molecule has 0 amide bonds. The highest BCUT2D eigenvalue weighted by atomic mass is 79.9. The Morgan fingerprint density at radius 2 is 1.91 bits per heavy atom. The smallest absolute Gasteiger partial charge is 0.307 e. The van der Waals surface area contributed by atoms with Crippen LogP contribution < -0.4 is 9.08 Å². The van der Waals surface area contributed by atoms with E-state index in [9.17, 15) is 12.8 Å². The molecule has 1 aromatic carbocycles. The van der Waals surface area contributed by atoms with Crippen molar-refractivity contribution in [2.24, 2.45) is 0 Å². The molecule has 1 aliphatic heterocycles. The van der Waals surface area contributed by atoms with Crippen LogP contribution in [0.1, 0.15) is 19.3 Å². The van der Waals surface area contributed by atoms with E-state index in [0.29, 0.717) is 15.9 Å². The number of halogens is 2. The summed E-state index contributed by atoms with van der Waals surface area (Å²) < 4.78 is 42.1. The van der Waals surface area contributed by atoms with E-state index >= 15 is 0 Å². The van der Waals surface area contributed by atoms with Crippen molar-refractivity contribution in [3.8, 4) is 5.88 Å². The minimum atomic E-state index is -3.79. The van der Waals surface area contributed by atoms with E-state index < -0.39 is 15.9 Å². The molecule has 0 atom stereocenters. The SMILES string of the molecule is CS(=O)(=O)Oc1nc(N2CCCCC2)nc2c(Br)cc(F)cc12. The van der Waals surface area contributed by atoms with Crippen LogP contribution in [0, 0.1) is 5.82 Å². The van der Waals surface area contributed by atoms with E-state index in [1.165, 1.54) is 12.1 Å². The van der Waals surface area contributed by atoms with Gasteiger partial charge in [0.05, 0.1) is 17.2 Å². The number of fused-ring (bicyclic) bond motifs is 1. The summed E-state index contributed by atoms with van der Waals surface area (Å²) in [7, 11) is -3.79. The van der Waals surface area contributed by atoms with Gasteiger partial charge in [-0.1, -0.05) is 0 Å². The lowest BCUT2D eigenvalue weighted by Crippen LogP contribution is -2.31. The predicted octanol–water partition coefficient (Wildman–Crippen LogP) is 2.86. The van der Waals surface area contributed by atoms with Gasteiger partial charge in [0.25, 0.3) is 0 Å². The highest BCUT2D eigenvalue weighted by molar-refractivity contribution is 9.10. The van der Waals surface area contributed by atoms with E-state index in [0.717, 1.165) is 38.6 Å². The molecule has 0 spiro atoms. The van der Waals surface area contributed by atoms with E-state index in [2.05, 4.69) is 25.9 Å². The number of rotatable bonds is 3. The third-order valence-electron chi connectivity index (χ3n) is 3.54. The first kappa shape index (κ1) is 16.4. The molecule has 6 nitrogen and oxygen atoms in total. The molecule has 3 rings (SSSR count). The molecule has 2 aromatic rings. The largest absolute Gasteiger partial charge is 0.361 e. The van der Waals surface area contributed by atoms with Gasteiger partial charge < -0.3 is 9.08 Å². The van der Waals surface area contributed by atoms with Crippen LogP contribution in [0.5, 0.6) is 5.88 Å². The third-order valence-corrected chi connectivity index (χ3v) is 4.61. The maximum atomic E-state index is 13.7. The van der Waals surface area contributed by atoms with Crippen molar-refractivity contribution >= 4 is 42.9 Å². The normalized spacial score (nSPS) is 15.9. The molecule has 0 bridgehead atoms. The molecule has 0 unspecified atom stereocenters. The van der Waals surface area contributed by atoms with Crippen molar-refractivity contribution in [1.29, 1.82) is 0 Å². The van der Waals surface area contributed by atoms with Crippen LogP contribution in [0.15, 0.2) is 16.6 Å². The second-order valence-corrected chi connectivity index (χ2v) is 7.88. The van der Waals surface area contributed by atoms with Gasteiger partial charge in [-0.3, -0.25) is 0 Å². The summed E-state index contributed by atoms with van der Waals surface area (Å²) in [6.45, 7) is 1.59. The van der Waals surface area contributed by atoms with Crippen LogP contribution >= 0.6 is 15.9 Å². The molecule has 1 aromatic heterocycles. The van der Waals surface area contributed by atoms with Crippen LogP contribution in [0.2, 0.25) is 0 Å². The van der Waals surface area contributed by atoms with Crippen molar-refractivity contribution in [2.45, 2.75) is 19.3 Å². The second-order valence-electron chi connectivity index (χ2n) is 5.45. The lowest BCUT2D eigenvalue weighted by Gasteiger charge is -2.27. The average molecular weight is 404 g/mol. The first-order chi connectivity index (χ1) is 10.8. The monoisotopic (exact) mass is 403 g/mol. The van der Waals surface area contributed by atoms with Crippen molar-refractivity contribution in [2.75, 3.05) is 24.2 Å². The van der Waals surface area contributed by atoms with Gasteiger partial charge >= 0.3 is 10.1 Å². The van der Waals surface area contributed by atoms with Gasteiger partial charge in [-0.2, -0.15) is 13.4 Å². The van der Waals surface area contributed by atoms with Gasteiger partial charge in [0, 0.05) is 17.6 Å². The summed E-state index contributed by atoms with van der Waals surface area (Å²) in [6.07, 6.45) is 4.12. The van der Waals surface area contributed by atoms with Gasteiger partial charge in [-0.05, 0) is 47.3 Å². The fraction of sp³-hybridized carbons (Fsp3) is 0.429. The maximum absolute atomic E-state index is 13.7. The Kier molecular flexibility index (Phi) is 4.41. The van der Waals surface area contributed by atoms with Gasteiger partial charge in [0.2, 0.25) is 11.8 Å². The zero-order chi connectivity index (χ0) is 16.6. The van der Waals surface area contributed by atoms with Crippen LogP contribution in [-0.2, 0) is 10.1 Å². The standard InChI is InChI=1S/C14H15BrFN3O3S/c1-23(20,21)22-13-10-7-9(16)8-11(15)12(10)17-14(18-13)19-5-3-2-4-6-19/h7-8H,2-6H2,1H3. The van der Waals surface area contributed by atoms with Crippen LogP contribution in [0.25, 0.3) is 10.9 Å². The number of nitrogens with zero attached hydrogens (tertiary/aromatic N) is 3. The number of hydrogen-bond donors (Lipinski definition) is 0. The van der Waals surface area contributed by atoms with Crippen LogP contribution in [-0.4, -0.2) is 37.7 Å². The van der Waals surface area contributed by atoms with E-state index in [1.54, 1.807) is 0 Å². The van der Waals surface area contributed by atoms with E-state index in [-0.39, 0.29) is 11.3 Å². The fourth-order valence-electron chi connectivity index (χ4n) is 2.56. The summed E-state index contributed by atoms with van der Waals surface area (Å²) in [4.78, 5) is 10.7. The maximum Gasteiger partial charge on any atom is 0.307 e. The topological polar surface area (TPSA) is 72.4 Å². The molecule has 0 radical (unpaired) electrons. The molecule has 1 aliphatic rings. The Labute approximate surface area is 141 Å². The highest BCUT2D eigenvalue weighted by Gasteiger charge is 2.20. The summed E-state index contributed by atoms with van der Waals surface area (Å²) in [5.41, 5.74) is 0.417. The lowest BCUT2D eigenvalue weighted by molar-refractivity contribution is 0.483. The number of piperidine rings is 1. The highest BCUT2D eigenvalue weighted by Crippen LogP contribution is 2.32. The molecular weight excluding hydrogens is 389 g/mol. The van der Waals surface area contributed by atoms with Gasteiger partial charge in [0.15, 0.2) is 0 Å². The van der Waals surface area contributed by atoms with Crippen molar-refractivity contribution < 1.29 is 17.0 Å². The Hall–Kier alpha value is -1.48. The summed E-state index contributed by atoms with van der Waals surface area (Å²) in [6, 6.07) is 2.44. The predicted molar refractivity (Wildman–Crippen MR) is 88.7 cm³/mol. The molecule has 124 valence electrons. The molecule has 1 saturated heterocycles. The molecule has 0 N–H and O–H groups in total. The van der Waals surface area contributed by atoms with Crippen molar-refractivity contribution in [1.82, 2.24) is 9.97 Å². The Bertz CT molecular complexity index is 854. The van der Waals surface area contributed by atoms with Gasteiger partial charge in [0.1, 0.15) is 5.82 Å². The fourth-order valence-corrected chi connectivity index (χ4v) is 3.50. The number of aromatic nitrogens is 2.